The molecule has 1 saturated heterocycles. The van der Waals surface area contributed by atoms with Crippen molar-refractivity contribution in [3.63, 3.8) is 0 Å². The number of nitrogens with zero attached hydrogens (tertiary/aromatic N) is 3. The largest absolute Gasteiger partial charge is 0.378 e. The summed E-state index contributed by atoms with van der Waals surface area (Å²) < 4.78 is 30.3. The van der Waals surface area contributed by atoms with Gasteiger partial charge in [0.15, 0.2) is 5.96 Å². The number of piperidine rings is 1. The van der Waals surface area contributed by atoms with Gasteiger partial charge in [-0.05, 0) is 33.1 Å². The van der Waals surface area contributed by atoms with Crippen LogP contribution >= 0.6 is 24.0 Å². The molecule has 0 radical (unpaired) electrons. The van der Waals surface area contributed by atoms with Crippen LogP contribution in [-0.4, -0.2) is 81.8 Å². The van der Waals surface area contributed by atoms with Gasteiger partial charge in [0.05, 0.1) is 12.4 Å². The molecule has 0 saturated carbocycles. The van der Waals surface area contributed by atoms with E-state index in [1.54, 1.807) is 0 Å². The number of sulfonamides is 1. The first-order valence-corrected chi connectivity index (χ1v) is 10.9. The zero-order valence-corrected chi connectivity index (χ0v) is 19.2. The number of halogens is 1. The van der Waals surface area contributed by atoms with E-state index in [1.165, 1.54) is 10.6 Å². The van der Waals surface area contributed by atoms with Crippen LogP contribution in [-0.2, 0) is 14.8 Å². The minimum atomic E-state index is -3.11. The molecule has 1 fully saturated rings. The van der Waals surface area contributed by atoms with Crippen LogP contribution in [0.1, 0.15) is 40.0 Å². The summed E-state index contributed by atoms with van der Waals surface area (Å²) in [6.45, 7) is 11.1. The van der Waals surface area contributed by atoms with E-state index in [0.717, 1.165) is 51.5 Å². The van der Waals surface area contributed by atoms with Crippen LogP contribution in [0.25, 0.3) is 0 Å². The average molecular weight is 490 g/mol. The maximum Gasteiger partial charge on any atom is 0.211 e. The highest BCUT2D eigenvalue weighted by molar-refractivity contribution is 14.0. The second-order valence-corrected chi connectivity index (χ2v) is 7.97. The van der Waals surface area contributed by atoms with Crippen molar-refractivity contribution in [2.24, 2.45) is 4.99 Å². The van der Waals surface area contributed by atoms with E-state index in [-0.39, 0.29) is 24.0 Å². The third kappa shape index (κ3) is 9.39. The molecular formula is C16H35IN4O3S. The van der Waals surface area contributed by atoms with Gasteiger partial charge in [0, 0.05) is 45.9 Å². The third-order valence-electron chi connectivity index (χ3n) is 4.13. The maximum absolute atomic E-state index is 11.6. The number of ether oxygens (including phenoxy) is 1. The van der Waals surface area contributed by atoms with Crippen molar-refractivity contribution in [1.82, 2.24) is 14.5 Å². The minimum absolute atomic E-state index is 0. The van der Waals surface area contributed by atoms with Crippen molar-refractivity contribution in [3.8, 4) is 0 Å². The van der Waals surface area contributed by atoms with Crippen LogP contribution in [0.15, 0.2) is 4.99 Å². The van der Waals surface area contributed by atoms with Crippen molar-refractivity contribution in [2.75, 3.05) is 52.1 Å². The van der Waals surface area contributed by atoms with Crippen molar-refractivity contribution in [2.45, 2.75) is 46.1 Å². The minimum Gasteiger partial charge on any atom is -0.378 e. The lowest BCUT2D eigenvalue weighted by Gasteiger charge is -2.34. The lowest BCUT2D eigenvalue weighted by atomic mass is 10.1. The van der Waals surface area contributed by atoms with Gasteiger partial charge in [-0.1, -0.05) is 6.92 Å². The SMILES string of the molecule is CCNC(=NCCCN(CC)S(C)(=O)=O)N1CCC(OCC)CC1.I. The van der Waals surface area contributed by atoms with Gasteiger partial charge >= 0.3 is 0 Å². The number of rotatable bonds is 9. The highest BCUT2D eigenvalue weighted by Gasteiger charge is 2.21. The van der Waals surface area contributed by atoms with E-state index in [9.17, 15) is 8.42 Å². The van der Waals surface area contributed by atoms with E-state index in [4.69, 9.17) is 4.74 Å². The molecule has 1 heterocycles. The van der Waals surface area contributed by atoms with Crippen LogP contribution < -0.4 is 5.32 Å². The monoisotopic (exact) mass is 490 g/mol. The van der Waals surface area contributed by atoms with E-state index in [1.807, 2.05) is 13.8 Å². The summed E-state index contributed by atoms with van der Waals surface area (Å²) in [5.74, 6) is 0.926. The smallest absolute Gasteiger partial charge is 0.211 e. The van der Waals surface area contributed by atoms with Gasteiger partial charge in [0.25, 0.3) is 0 Å². The summed E-state index contributed by atoms with van der Waals surface area (Å²) in [5, 5.41) is 3.33. The van der Waals surface area contributed by atoms with Crippen LogP contribution in [0.5, 0.6) is 0 Å². The van der Waals surface area contributed by atoms with Crippen LogP contribution in [0.4, 0.5) is 0 Å². The van der Waals surface area contributed by atoms with Gasteiger partial charge in [0.1, 0.15) is 0 Å². The Morgan fingerprint density at radius 2 is 1.92 bits per heavy atom. The summed E-state index contributed by atoms with van der Waals surface area (Å²) in [7, 11) is -3.11. The predicted octanol–water partition coefficient (Wildman–Crippen LogP) is 1.74. The molecule has 0 aromatic carbocycles. The van der Waals surface area contributed by atoms with Gasteiger partial charge in [-0.15, -0.1) is 24.0 Å². The third-order valence-corrected chi connectivity index (χ3v) is 5.51. The van der Waals surface area contributed by atoms with Crippen LogP contribution in [0.2, 0.25) is 0 Å². The molecular weight excluding hydrogens is 455 g/mol. The van der Waals surface area contributed by atoms with E-state index in [2.05, 4.69) is 22.1 Å². The number of nitrogens with one attached hydrogen (secondary N) is 1. The fraction of sp³-hybridized carbons (Fsp3) is 0.938. The molecule has 0 bridgehead atoms. The Hall–Kier alpha value is -0.130. The fourth-order valence-corrected chi connectivity index (χ4v) is 3.82. The first kappa shape index (κ1) is 24.9. The van der Waals surface area contributed by atoms with Gasteiger partial charge in [-0.2, -0.15) is 0 Å². The number of guanidine groups is 1. The molecule has 1 aliphatic heterocycles. The van der Waals surface area contributed by atoms with E-state index >= 15 is 0 Å². The molecule has 150 valence electrons. The summed E-state index contributed by atoms with van der Waals surface area (Å²) in [5.41, 5.74) is 0. The Labute approximate surface area is 170 Å². The van der Waals surface area contributed by atoms with Crippen molar-refractivity contribution < 1.29 is 13.2 Å². The predicted molar refractivity (Wildman–Crippen MR) is 114 cm³/mol. The molecule has 0 aromatic rings. The number of aliphatic imine (C=N–C) groups is 1. The molecule has 0 unspecified atom stereocenters. The second kappa shape index (κ2) is 13.1. The Morgan fingerprint density at radius 3 is 2.40 bits per heavy atom. The molecule has 0 aromatic heterocycles. The molecule has 1 aliphatic rings. The second-order valence-electron chi connectivity index (χ2n) is 5.99. The van der Waals surface area contributed by atoms with Crippen molar-refractivity contribution >= 4 is 40.0 Å². The van der Waals surface area contributed by atoms with Crippen molar-refractivity contribution in [3.05, 3.63) is 0 Å². The first-order chi connectivity index (χ1) is 11.4. The molecule has 1 N–H and O–H groups in total. The Kier molecular flexibility index (Phi) is 13.0. The molecule has 25 heavy (non-hydrogen) atoms. The normalized spacial score (nSPS) is 16.8. The van der Waals surface area contributed by atoms with E-state index < -0.39 is 10.0 Å². The van der Waals surface area contributed by atoms with Crippen molar-refractivity contribution in [1.29, 1.82) is 0 Å². The number of hydrogen-bond acceptors (Lipinski definition) is 4. The standard InChI is InChI=1S/C16H34N4O3S.HI/c1-5-17-16(19-13-9-15(10-14-19)23-7-3)18-11-8-12-20(6-2)24(4,21)22;/h15H,5-14H2,1-4H3,(H,17,18);1H. The molecule has 0 spiro atoms. The molecule has 1 rings (SSSR count). The number of likely N-dealkylation sites (tertiary alicyclic amines) is 1. The van der Waals surface area contributed by atoms with Gasteiger partial charge in [-0.3, -0.25) is 4.99 Å². The first-order valence-electron chi connectivity index (χ1n) is 9.02. The Morgan fingerprint density at radius 1 is 1.28 bits per heavy atom. The van der Waals surface area contributed by atoms with Crippen LogP contribution in [0.3, 0.4) is 0 Å². The fourth-order valence-electron chi connectivity index (χ4n) is 2.89. The number of hydrogen-bond donors (Lipinski definition) is 1. The Bertz CT molecular complexity index is 480. The summed E-state index contributed by atoms with van der Waals surface area (Å²) in [4.78, 5) is 6.94. The molecule has 0 atom stereocenters. The summed E-state index contributed by atoms with van der Waals surface area (Å²) in [6, 6.07) is 0. The topological polar surface area (TPSA) is 74.2 Å². The molecule has 9 heteroatoms. The van der Waals surface area contributed by atoms with E-state index in [0.29, 0.717) is 25.7 Å². The maximum atomic E-state index is 11.6. The molecule has 7 nitrogen and oxygen atoms in total. The zero-order chi connectivity index (χ0) is 18.0. The summed E-state index contributed by atoms with van der Waals surface area (Å²) in [6.07, 6.45) is 4.39. The Balaban J connectivity index is 0.00000576. The highest BCUT2D eigenvalue weighted by Crippen LogP contribution is 2.13. The summed E-state index contributed by atoms with van der Waals surface area (Å²) >= 11 is 0. The lowest BCUT2D eigenvalue weighted by Crippen LogP contribution is -2.47. The van der Waals surface area contributed by atoms with Crippen LogP contribution in [0, 0.1) is 0 Å². The molecule has 0 aliphatic carbocycles. The average Bonchev–Trinajstić information content (AvgIpc) is 2.53. The molecule has 0 amide bonds. The zero-order valence-electron chi connectivity index (χ0n) is 16.0. The highest BCUT2D eigenvalue weighted by atomic mass is 127. The lowest BCUT2D eigenvalue weighted by molar-refractivity contribution is 0.0264. The van der Waals surface area contributed by atoms with Gasteiger partial charge in [-0.25, -0.2) is 12.7 Å². The van der Waals surface area contributed by atoms with Gasteiger partial charge < -0.3 is 15.0 Å². The quantitative estimate of drug-likeness (QED) is 0.231. The van der Waals surface area contributed by atoms with Gasteiger partial charge in [0.2, 0.25) is 10.0 Å².